The van der Waals surface area contributed by atoms with Crippen molar-refractivity contribution in [2.24, 2.45) is 0 Å². The highest BCUT2D eigenvalue weighted by Crippen LogP contribution is 2.33. The lowest BCUT2D eigenvalue weighted by atomic mass is 10.1. The zero-order chi connectivity index (χ0) is 19.6. The van der Waals surface area contributed by atoms with Gasteiger partial charge in [0.15, 0.2) is 5.13 Å². The smallest absolute Gasteiger partial charge is 0.230 e. The number of amides is 1. The van der Waals surface area contributed by atoms with Gasteiger partial charge in [0.25, 0.3) is 0 Å². The molecule has 2 aromatic carbocycles. The Hall–Kier alpha value is -2.11. The minimum atomic E-state index is -0.0265. The number of carbonyl (C=O) groups is 1. The summed E-state index contributed by atoms with van der Waals surface area (Å²) in [4.78, 5) is 20.0. The maximum absolute atomic E-state index is 12.3. The second-order valence-corrected chi connectivity index (χ2v) is 8.66. The molecule has 0 N–H and O–H groups in total. The number of aryl methyl sites for hydroxylation is 4. The lowest BCUT2D eigenvalue weighted by molar-refractivity contribution is -0.115. The maximum Gasteiger partial charge on any atom is 0.230 e. The molecule has 1 heterocycles. The second-order valence-electron chi connectivity index (χ2n) is 6.80. The summed E-state index contributed by atoms with van der Waals surface area (Å²) in [6.07, 6.45) is 0. The minimum absolute atomic E-state index is 0.0265. The van der Waals surface area contributed by atoms with Gasteiger partial charge in [-0.25, -0.2) is 4.98 Å². The van der Waals surface area contributed by atoms with Crippen molar-refractivity contribution in [3.8, 4) is 0 Å². The van der Waals surface area contributed by atoms with Crippen molar-refractivity contribution in [3.63, 3.8) is 0 Å². The summed E-state index contributed by atoms with van der Waals surface area (Å²) in [6.45, 7) is 9.96. The first kappa shape index (κ1) is 19.6. The average molecular weight is 397 g/mol. The van der Waals surface area contributed by atoms with Gasteiger partial charge in [-0.15, -0.1) is 23.1 Å². The zero-order valence-electron chi connectivity index (χ0n) is 16.4. The average Bonchev–Trinajstić information content (AvgIpc) is 3.07. The fourth-order valence-electron chi connectivity index (χ4n) is 2.77. The monoisotopic (exact) mass is 396 g/mol. The third-order valence-electron chi connectivity index (χ3n) is 4.51. The largest absolute Gasteiger partial charge is 0.274 e. The molecular formula is C22H24N2OS2. The molecule has 1 aromatic heterocycles. The number of hydrogen-bond acceptors (Lipinski definition) is 4. The van der Waals surface area contributed by atoms with Gasteiger partial charge < -0.3 is 0 Å². The Morgan fingerprint density at radius 1 is 1.04 bits per heavy atom. The summed E-state index contributed by atoms with van der Waals surface area (Å²) in [5.74, 6) is 0.765. The molecular weight excluding hydrogens is 372 g/mol. The van der Waals surface area contributed by atoms with E-state index in [1.54, 1.807) is 23.6 Å². The van der Waals surface area contributed by atoms with E-state index in [1.165, 1.54) is 38.5 Å². The topological polar surface area (TPSA) is 33.2 Å². The van der Waals surface area contributed by atoms with Crippen LogP contribution in [0.5, 0.6) is 0 Å². The number of thiazole rings is 1. The summed E-state index contributed by atoms with van der Waals surface area (Å²) < 4.78 is 0. The summed E-state index contributed by atoms with van der Waals surface area (Å²) >= 11 is 3.30. The van der Waals surface area contributed by atoms with Crippen molar-refractivity contribution in [1.29, 1.82) is 0 Å². The van der Waals surface area contributed by atoms with Crippen LogP contribution in [0.4, 0.5) is 10.8 Å². The van der Waals surface area contributed by atoms with E-state index in [2.05, 4.69) is 45.9 Å². The SMILES string of the molecule is CC(=O)N(c1ccc(C)c(C)c1)c1nc(CSc2cc(C)ccc2C)cs1. The predicted octanol–water partition coefficient (Wildman–Crippen LogP) is 6.35. The van der Waals surface area contributed by atoms with Gasteiger partial charge in [0.05, 0.1) is 11.4 Å². The summed E-state index contributed by atoms with van der Waals surface area (Å²) in [5.41, 5.74) is 6.79. The van der Waals surface area contributed by atoms with Crippen molar-refractivity contribution in [1.82, 2.24) is 4.98 Å². The number of nitrogens with zero attached hydrogens (tertiary/aromatic N) is 2. The van der Waals surface area contributed by atoms with Crippen LogP contribution in [0.1, 0.15) is 34.9 Å². The number of aromatic nitrogens is 1. The van der Waals surface area contributed by atoms with E-state index < -0.39 is 0 Å². The summed E-state index contributed by atoms with van der Waals surface area (Å²) in [5, 5.41) is 2.77. The van der Waals surface area contributed by atoms with Gasteiger partial charge in [0, 0.05) is 23.0 Å². The number of hydrogen-bond donors (Lipinski definition) is 0. The van der Waals surface area contributed by atoms with Gasteiger partial charge in [-0.1, -0.05) is 23.8 Å². The molecule has 0 fully saturated rings. The molecule has 0 radical (unpaired) electrons. The number of anilines is 2. The molecule has 0 spiro atoms. The molecule has 0 aliphatic heterocycles. The minimum Gasteiger partial charge on any atom is -0.274 e. The molecule has 0 aliphatic rings. The number of thioether (sulfide) groups is 1. The fourth-order valence-corrected chi connectivity index (χ4v) is 4.78. The Morgan fingerprint density at radius 2 is 1.78 bits per heavy atom. The lowest BCUT2D eigenvalue weighted by Crippen LogP contribution is -2.22. The zero-order valence-corrected chi connectivity index (χ0v) is 18.0. The Kier molecular flexibility index (Phi) is 6.02. The van der Waals surface area contributed by atoms with E-state index in [0.29, 0.717) is 0 Å². The Labute approximate surface area is 169 Å². The quantitative estimate of drug-likeness (QED) is 0.471. The van der Waals surface area contributed by atoms with Gasteiger partial charge in [-0.3, -0.25) is 9.69 Å². The van der Waals surface area contributed by atoms with Gasteiger partial charge >= 0.3 is 0 Å². The van der Waals surface area contributed by atoms with Crippen LogP contribution in [0.15, 0.2) is 46.7 Å². The molecule has 27 heavy (non-hydrogen) atoms. The molecule has 5 heteroatoms. The Morgan fingerprint density at radius 3 is 2.48 bits per heavy atom. The van der Waals surface area contributed by atoms with Crippen molar-refractivity contribution >= 4 is 39.8 Å². The first-order chi connectivity index (χ1) is 12.8. The first-order valence-electron chi connectivity index (χ1n) is 8.87. The Balaban J connectivity index is 1.81. The molecule has 0 bridgehead atoms. The highest BCUT2D eigenvalue weighted by molar-refractivity contribution is 7.98. The van der Waals surface area contributed by atoms with E-state index in [0.717, 1.165) is 22.3 Å². The molecule has 0 saturated carbocycles. The molecule has 0 aliphatic carbocycles. The van der Waals surface area contributed by atoms with E-state index in [4.69, 9.17) is 4.98 Å². The van der Waals surface area contributed by atoms with E-state index in [1.807, 2.05) is 23.6 Å². The van der Waals surface area contributed by atoms with Gasteiger partial charge in [-0.05, 0) is 62.6 Å². The molecule has 3 aromatic rings. The fraction of sp³-hybridized carbons (Fsp3) is 0.273. The highest BCUT2D eigenvalue weighted by Gasteiger charge is 2.18. The van der Waals surface area contributed by atoms with Crippen molar-refractivity contribution < 1.29 is 4.79 Å². The van der Waals surface area contributed by atoms with Crippen molar-refractivity contribution in [3.05, 3.63) is 69.7 Å². The number of carbonyl (C=O) groups excluding carboxylic acids is 1. The predicted molar refractivity (Wildman–Crippen MR) is 116 cm³/mol. The first-order valence-corrected chi connectivity index (χ1v) is 10.7. The highest BCUT2D eigenvalue weighted by atomic mass is 32.2. The normalized spacial score (nSPS) is 10.9. The van der Waals surface area contributed by atoms with Crippen molar-refractivity contribution in [2.45, 2.75) is 45.3 Å². The van der Waals surface area contributed by atoms with Crippen molar-refractivity contribution in [2.75, 3.05) is 4.90 Å². The van der Waals surface area contributed by atoms with E-state index >= 15 is 0 Å². The van der Waals surface area contributed by atoms with Crippen LogP contribution in [-0.4, -0.2) is 10.9 Å². The molecule has 3 nitrogen and oxygen atoms in total. The van der Waals surface area contributed by atoms with Crippen LogP contribution >= 0.6 is 23.1 Å². The Bertz CT molecular complexity index is 978. The maximum atomic E-state index is 12.3. The molecule has 0 atom stereocenters. The number of rotatable bonds is 5. The van der Waals surface area contributed by atoms with E-state index in [9.17, 15) is 4.79 Å². The van der Waals surface area contributed by atoms with E-state index in [-0.39, 0.29) is 5.91 Å². The summed E-state index contributed by atoms with van der Waals surface area (Å²) in [6, 6.07) is 12.6. The van der Waals surface area contributed by atoms with Gasteiger partial charge in [-0.2, -0.15) is 0 Å². The lowest BCUT2D eigenvalue weighted by Gasteiger charge is -2.19. The third-order valence-corrected chi connectivity index (χ3v) is 6.58. The van der Waals surface area contributed by atoms with Crippen LogP contribution in [0.2, 0.25) is 0 Å². The number of benzene rings is 2. The van der Waals surface area contributed by atoms with Crippen LogP contribution in [0.25, 0.3) is 0 Å². The van der Waals surface area contributed by atoms with Crippen LogP contribution in [-0.2, 0) is 10.5 Å². The molecule has 140 valence electrons. The molecule has 0 saturated heterocycles. The summed E-state index contributed by atoms with van der Waals surface area (Å²) in [7, 11) is 0. The third kappa shape index (κ3) is 4.60. The second kappa shape index (κ2) is 8.28. The van der Waals surface area contributed by atoms with Crippen LogP contribution in [0.3, 0.4) is 0 Å². The molecule has 3 rings (SSSR count). The van der Waals surface area contributed by atoms with Crippen LogP contribution in [0, 0.1) is 27.7 Å². The van der Waals surface area contributed by atoms with Gasteiger partial charge in [0.1, 0.15) is 0 Å². The van der Waals surface area contributed by atoms with Crippen LogP contribution < -0.4 is 4.90 Å². The molecule has 0 unspecified atom stereocenters. The molecule has 1 amide bonds. The van der Waals surface area contributed by atoms with Gasteiger partial charge in [0.2, 0.25) is 5.91 Å². The standard InChI is InChI=1S/C22H24N2OS2/c1-14-6-7-16(3)21(10-14)26-12-19-13-27-22(23-19)24(18(5)25)20-9-8-15(2)17(4)11-20/h6-11,13H,12H2,1-5H3.